The number of Topliss-reactive ketones (excluding diaryl/α,β-unsaturated/α-hetero) is 1. The van der Waals surface area contributed by atoms with Crippen LogP contribution >= 0.6 is 0 Å². The molecule has 8 nitrogen and oxygen atoms in total. The summed E-state index contributed by atoms with van der Waals surface area (Å²) in [5, 5.41) is 0. The normalized spacial score (nSPS) is 15.6. The lowest BCUT2D eigenvalue weighted by molar-refractivity contribution is 0.0774. The van der Waals surface area contributed by atoms with Gasteiger partial charge in [0.05, 0.1) is 12.1 Å². The molecular weight excluding hydrogens is 459 g/mol. The summed E-state index contributed by atoms with van der Waals surface area (Å²) in [5.74, 6) is -0.0309. The van der Waals surface area contributed by atoms with E-state index >= 15 is 0 Å². The number of likely N-dealkylation sites (tertiary alicyclic amines) is 1. The van der Waals surface area contributed by atoms with Crippen LogP contribution in [0.5, 0.6) is 17.5 Å². The molecule has 1 unspecified atom stereocenters. The lowest BCUT2D eigenvalue weighted by Crippen LogP contribution is -2.41. The first-order valence-electron chi connectivity index (χ1n) is 10.9. The van der Waals surface area contributed by atoms with Gasteiger partial charge in [-0.25, -0.2) is 14.4 Å². The zero-order valence-electron chi connectivity index (χ0n) is 18.9. The number of carbonyl (C=O) groups is 1. The van der Waals surface area contributed by atoms with Gasteiger partial charge in [0.15, 0.2) is 17.3 Å². The highest BCUT2D eigenvalue weighted by molar-refractivity contribution is 7.84. The zero-order valence-corrected chi connectivity index (χ0v) is 19.8. The molecule has 2 aromatic heterocycles. The van der Waals surface area contributed by atoms with E-state index in [9.17, 15) is 13.4 Å². The van der Waals surface area contributed by atoms with Crippen LogP contribution < -0.4 is 9.47 Å². The van der Waals surface area contributed by atoms with Crippen LogP contribution in [0, 0.1) is 12.7 Å². The van der Waals surface area contributed by atoms with Crippen LogP contribution in [0.4, 0.5) is 4.39 Å². The van der Waals surface area contributed by atoms with Gasteiger partial charge in [-0.05, 0) is 50.1 Å². The quantitative estimate of drug-likeness (QED) is 0.448. The molecule has 34 heavy (non-hydrogen) atoms. The van der Waals surface area contributed by atoms with Crippen molar-refractivity contribution in [3.63, 3.8) is 0 Å². The molecule has 1 atom stereocenters. The molecular formula is C24H25FN4O4S. The van der Waals surface area contributed by atoms with E-state index < -0.39 is 16.6 Å². The molecule has 0 amide bonds. The maximum Gasteiger partial charge on any atom is 0.229 e. The van der Waals surface area contributed by atoms with Gasteiger partial charge in [0.1, 0.15) is 12.4 Å². The molecule has 1 fully saturated rings. The van der Waals surface area contributed by atoms with E-state index in [0.29, 0.717) is 28.4 Å². The third-order valence-electron chi connectivity index (χ3n) is 5.60. The molecule has 178 valence electrons. The first-order chi connectivity index (χ1) is 16.4. The van der Waals surface area contributed by atoms with Gasteiger partial charge in [0.2, 0.25) is 11.8 Å². The van der Waals surface area contributed by atoms with E-state index in [1.54, 1.807) is 37.5 Å². The van der Waals surface area contributed by atoms with Crippen molar-refractivity contribution in [2.75, 3.05) is 25.9 Å². The summed E-state index contributed by atoms with van der Waals surface area (Å²) in [6.07, 6.45) is 7.44. The number of halogens is 1. The van der Waals surface area contributed by atoms with Crippen LogP contribution in [0.25, 0.3) is 0 Å². The maximum absolute atomic E-state index is 14.4. The smallest absolute Gasteiger partial charge is 0.229 e. The Hall–Kier alpha value is -3.24. The Morgan fingerprint density at radius 2 is 1.97 bits per heavy atom. The van der Waals surface area contributed by atoms with Crippen LogP contribution in [0.2, 0.25) is 0 Å². The highest BCUT2D eigenvalue weighted by Gasteiger charge is 2.24. The second-order valence-corrected chi connectivity index (χ2v) is 9.40. The van der Waals surface area contributed by atoms with E-state index in [2.05, 4.69) is 19.9 Å². The number of benzene rings is 1. The van der Waals surface area contributed by atoms with Crippen molar-refractivity contribution in [3.05, 3.63) is 66.0 Å². The van der Waals surface area contributed by atoms with Gasteiger partial charge in [0.25, 0.3) is 0 Å². The second-order valence-electron chi connectivity index (χ2n) is 8.02. The van der Waals surface area contributed by atoms with Crippen molar-refractivity contribution in [2.24, 2.45) is 0 Å². The monoisotopic (exact) mass is 484 g/mol. The molecule has 1 aromatic carbocycles. The summed E-state index contributed by atoms with van der Waals surface area (Å²) in [6.45, 7) is 3.54. The standard InChI is InChI=1S/C24H25FN4O4S/c1-16-23(27-15-28-24(16)33-22-6-5-19(34(2)31)12-20(22)25)32-18-7-10-29(11-8-18)14-21(30)17-4-3-9-26-13-17/h3-6,9,12-13,15,18H,7-8,10-11,14H2,1-2H3. The predicted octanol–water partition coefficient (Wildman–Crippen LogP) is 3.57. The number of nitrogens with zero attached hydrogens (tertiary/aromatic N) is 4. The van der Waals surface area contributed by atoms with Crippen LogP contribution in [0.3, 0.4) is 0 Å². The van der Waals surface area contributed by atoms with Gasteiger partial charge in [-0.1, -0.05) is 0 Å². The van der Waals surface area contributed by atoms with Gasteiger partial charge in [-0.15, -0.1) is 0 Å². The molecule has 0 spiro atoms. The molecule has 1 aliphatic heterocycles. The summed E-state index contributed by atoms with van der Waals surface area (Å²) in [7, 11) is -1.29. The maximum atomic E-state index is 14.4. The Labute approximate surface area is 199 Å². The van der Waals surface area contributed by atoms with Gasteiger partial charge in [-0.3, -0.25) is 18.9 Å². The fourth-order valence-corrected chi connectivity index (χ4v) is 4.18. The summed E-state index contributed by atoms with van der Waals surface area (Å²) in [6, 6.07) is 7.69. The summed E-state index contributed by atoms with van der Waals surface area (Å²) in [5.41, 5.74) is 1.17. The molecule has 1 saturated heterocycles. The summed E-state index contributed by atoms with van der Waals surface area (Å²) < 4.78 is 37.7. The molecule has 0 bridgehead atoms. The fraction of sp³-hybridized carbons (Fsp3) is 0.333. The fourth-order valence-electron chi connectivity index (χ4n) is 3.65. The topological polar surface area (TPSA) is 94.5 Å². The molecule has 3 heterocycles. The number of rotatable bonds is 8. The second kappa shape index (κ2) is 10.8. The average Bonchev–Trinajstić information content (AvgIpc) is 2.84. The van der Waals surface area contributed by atoms with Crippen molar-refractivity contribution >= 4 is 16.6 Å². The molecule has 0 saturated carbocycles. The van der Waals surface area contributed by atoms with E-state index in [1.807, 2.05) is 0 Å². The van der Waals surface area contributed by atoms with Gasteiger partial charge < -0.3 is 9.47 Å². The number of hydrogen-bond acceptors (Lipinski definition) is 8. The highest BCUT2D eigenvalue weighted by Crippen LogP contribution is 2.31. The van der Waals surface area contributed by atoms with E-state index in [4.69, 9.17) is 9.47 Å². The first kappa shape index (κ1) is 23.9. The van der Waals surface area contributed by atoms with E-state index in [-0.39, 0.29) is 23.5 Å². The molecule has 4 rings (SSSR count). The van der Waals surface area contributed by atoms with Crippen molar-refractivity contribution in [2.45, 2.75) is 30.8 Å². The summed E-state index contributed by atoms with van der Waals surface area (Å²) >= 11 is 0. The molecule has 3 aromatic rings. The lowest BCUT2D eigenvalue weighted by Gasteiger charge is -2.31. The van der Waals surface area contributed by atoms with Crippen molar-refractivity contribution in [1.82, 2.24) is 19.9 Å². The zero-order chi connectivity index (χ0) is 24.1. The SMILES string of the molecule is Cc1c(Oc2ccc(S(C)=O)cc2F)ncnc1OC1CCN(CC(=O)c2cccnc2)CC1. The van der Waals surface area contributed by atoms with E-state index in [0.717, 1.165) is 25.9 Å². The Morgan fingerprint density at radius 1 is 1.21 bits per heavy atom. The van der Waals surface area contributed by atoms with E-state index in [1.165, 1.54) is 24.7 Å². The Balaban J connectivity index is 1.35. The Kier molecular flexibility index (Phi) is 7.59. The lowest BCUT2D eigenvalue weighted by atomic mass is 10.1. The third kappa shape index (κ3) is 5.81. The number of hydrogen-bond donors (Lipinski definition) is 0. The minimum absolute atomic E-state index is 0.0199. The Morgan fingerprint density at radius 3 is 2.65 bits per heavy atom. The molecule has 0 N–H and O–H groups in total. The number of ketones is 1. The van der Waals surface area contributed by atoms with Gasteiger partial charge >= 0.3 is 0 Å². The number of piperidine rings is 1. The average molecular weight is 485 g/mol. The van der Waals surface area contributed by atoms with Gasteiger partial charge in [-0.2, -0.15) is 0 Å². The van der Waals surface area contributed by atoms with Crippen LogP contribution in [0.15, 0.2) is 53.9 Å². The summed E-state index contributed by atoms with van der Waals surface area (Å²) in [4.78, 5) is 27.2. The number of pyridine rings is 1. The largest absolute Gasteiger partial charge is 0.474 e. The minimum Gasteiger partial charge on any atom is -0.474 e. The van der Waals surface area contributed by atoms with Crippen molar-refractivity contribution in [1.29, 1.82) is 0 Å². The van der Waals surface area contributed by atoms with Crippen LogP contribution in [-0.4, -0.2) is 61.8 Å². The number of ether oxygens (including phenoxy) is 2. The van der Waals surface area contributed by atoms with Crippen molar-refractivity contribution in [3.8, 4) is 17.5 Å². The Bertz CT molecular complexity index is 1190. The van der Waals surface area contributed by atoms with Crippen LogP contribution in [-0.2, 0) is 10.8 Å². The molecule has 1 aliphatic rings. The highest BCUT2D eigenvalue weighted by atomic mass is 32.2. The number of aromatic nitrogens is 3. The molecule has 0 aliphatic carbocycles. The molecule has 0 radical (unpaired) electrons. The third-order valence-corrected chi connectivity index (χ3v) is 6.51. The minimum atomic E-state index is -1.29. The first-order valence-corrected chi connectivity index (χ1v) is 12.4. The van der Waals surface area contributed by atoms with Crippen LogP contribution in [0.1, 0.15) is 28.8 Å². The molecule has 10 heteroatoms. The van der Waals surface area contributed by atoms with Gasteiger partial charge in [0, 0.05) is 53.0 Å². The predicted molar refractivity (Wildman–Crippen MR) is 124 cm³/mol. The van der Waals surface area contributed by atoms with Crippen molar-refractivity contribution < 1.29 is 22.9 Å². The number of carbonyl (C=O) groups excluding carboxylic acids is 1.